The van der Waals surface area contributed by atoms with Crippen molar-refractivity contribution in [3.8, 4) is 0 Å². The van der Waals surface area contributed by atoms with Crippen LogP contribution < -0.4 is 21.7 Å². The van der Waals surface area contributed by atoms with E-state index >= 15 is 0 Å². The first kappa shape index (κ1) is 29.6. The first-order valence-corrected chi connectivity index (χ1v) is 11.4. The van der Waals surface area contributed by atoms with Gasteiger partial charge in [0.1, 0.15) is 18.1 Å². The number of carbonyl (C=O) groups excluding carboxylic acids is 3. The number of aromatic nitrogens is 2. The Morgan fingerprint density at radius 1 is 1.00 bits per heavy atom. The summed E-state index contributed by atoms with van der Waals surface area (Å²) in [6.45, 7) is 7.27. The minimum Gasteiger partial charge on any atom is -0.481 e. The van der Waals surface area contributed by atoms with Crippen LogP contribution in [-0.4, -0.2) is 74.0 Å². The zero-order valence-electron chi connectivity index (χ0n) is 20.4. The Bertz CT molecular complexity index is 874. The summed E-state index contributed by atoms with van der Waals surface area (Å²) in [4.78, 5) is 67.7. The first-order chi connectivity index (χ1) is 16.3. The summed E-state index contributed by atoms with van der Waals surface area (Å²) in [5.74, 6) is -5.25. The van der Waals surface area contributed by atoms with E-state index in [1.54, 1.807) is 13.8 Å². The molecule has 0 radical (unpaired) electrons. The van der Waals surface area contributed by atoms with Gasteiger partial charge in [0.15, 0.2) is 0 Å². The predicted molar refractivity (Wildman–Crippen MR) is 125 cm³/mol. The second-order valence-corrected chi connectivity index (χ2v) is 8.95. The third kappa shape index (κ3) is 10.1. The molecule has 0 aliphatic rings. The van der Waals surface area contributed by atoms with Crippen LogP contribution in [-0.2, 0) is 30.4 Å². The highest BCUT2D eigenvalue weighted by Gasteiger charge is 2.33. The molecule has 1 heterocycles. The fourth-order valence-electron chi connectivity index (χ4n) is 3.31. The molecule has 13 heteroatoms. The number of rotatable bonds is 15. The minimum atomic E-state index is -1.67. The molecule has 8 N–H and O–H groups in total. The highest BCUT2D eigenvalue weighted by atomic mass is 16.4. The Morgan fingerprint density at radius 2 is 1.63 bits per heavy atom. The van der Waals surface area contributed by atoms with Gasteiger partial charge < -0.3 is 36.9 Å². The quantitative estimate of drug-likeness (QED) is 0.164. The van der Waals surface area contributed by atoms with E-state index in [-0.39, 0.29) is 12.3 Å². The van der Waals surface area contributed by atoms with Crippen LogP contribution in [0.2, 0.25) is 0 Å². The Morgan fingerprint density at radius 3 is 2.11 bits per heavy atom. The summed E-state index contributed by atoms with van der Waals surface area (Å²) in [6.07, 6.45) is 2.98. The van der Waals surface area contributed by atoms with Crippen molar-refractivity contribution in [1.82, 2.24) is 25.9 Å². The number of amides is 3. The molecule has 35 heavy (non-hydrogen) atoms. The van der Waals surface area contributed by atoms with Crippen LogP contribution in [0.15, 0.2) is 12.5 Å². The van der Waals surface area contributed by atoms with E-state index in [0.717, 1.165) is 0 Å². The third-order valence-electron chi connectivity index (χ3n) is 5.46. The van der Waals surface area contributed by atoms with Gasteiger partial charge in [-0.15, -0.1) is 0 Å². The van der Waals surface area contributed by atoms with Gasteiger partial charge in [-0.1, -0.05) is 34.1 Å². The Balaban J connectivity index is 3.08. The molecule has 1 aromatic heterocycles. The maximum atomic E-state index is 13.2. The SMILES string of the molecule is CCC(C)C(NC(=O)C(Cc1cnc[nH]1)NC(=O)C(N)CC(C)C)C(=O)NC(CC(=O)O)C(=O)O. The molecule has 13 nitrogen and oxygen atoms in total. The monoisotopic (exact) mass is 496 g/mol. The average molecular weight is 497 g/mol. The molecule has 0 saturated heterocycles. The third-order valence-corrected chi connectivity index (χ3v) is 5.46. The summed E-state index contributed by atoms with van der Waals surface area (Å²) in [6, 6.07) is -4.78. The number of carboxylic acids is 2. The lowest BCUT2D eigenvalue weighted by atomic mass is 9.97. The normalized spacial score (nSPS) is 15.4. The van der Waals surface area contributed by atoms with Crippen LogP contribution in [0.5, 0.6) is 0 Å². The zero-order valence-corrected chi connectivity index (χ0v) is 20.4. The molecule has 5 unspecified atom stereocenters. The molecule has 0 spiro atoms. The maximum absolute atomic E-state index is 13.2. The van der Waals surface area contributed by atoms with E-state index < -0.39 is 66.2 Å². The number of hydrogen-bond donors (Lipinski definition) is 7. The molecule has 1 rings (SSSR count). The lowest BCUT2D eigenvalue weighted by Crippen LogP contribution is -2.59. The Hall–Kier alpha value is -3.48. The van der Waals surface area contributed by atoms with Crippen molar-refractivity contribution in [3.05, 3.63) is 18.2 Å². The van der Waals surface area contributed by atoms with Gasteiger partial charge in [-0.05, 0) is 18.3 Å². The Labute approximate surface area is 203 Å². The van der Waals surface area contributed by atoms with Gasteiger partial charge >= 0.3 is 11.9 Å². The lowest BCUT2D eigenvalue weighted by Gasteiger charge is -2.28. The smallest absolute Gasteiger partial charge is 0.326 e. The van der Waals surface area contributed by atoms with E-state index in [1.807, 2.05) is 13.8 Å². The van der Waals surface area contributed by atoms with Crippen LogP contribution in [0, 0.1) is 11.8 Å². The standard InChI is InChI=1S/C22H36N6O7/c1-5-12(4)18(21(33)27-16(22(34)35)8-17(29)30)28-20(32)15(7-13-9-24-10-25-13)26-19(31)14(23)6-11(2)3/h9-12,14-16,18H,5-8,23H2,1-4H3,(H,24,25)(H,26,31)(H,27,33)(H,28,32)(H,29,30)(H,34,35). The van der Waals surface area contributed by atoms with Gasteiger partial charge in [0.2, 0.25) is 17.7 Å². The number of nitrogens with zero attached hydrogens (tertiary/aromatic N) is 1. The topological polar surface area (TPSA) is 217 Å². The van der Waals surface area contributed by atoms with E-state index in [9.17, 15) is 29.1 Å². The van der Waals surface area contributed by atoms with Crippen molar-refractivity contribution < 1.29 is 34.2 Å². The van der Waals surface area contributed by atoms with Crippen molar-refractivity contribution in [1.29, 1.82) is 0 Å². The van der Waals surface area contributed by atoms with Crippen molar-refractivity contribution in [3.63, 3.8) is 0 Å². The first-order valence-electron chi connectivity index (χ1n) is 11.4. The molecule has 1 aromatic rings. The number of imidazole rings is 1. The number of aliphatic carboxylic acids is 2. The fraction of sp³-hybridized carbons (Fsp3) is 0.636. The summed E-state index contributed by atoms with van der Waals surface area (Å²) in [5.41, 5.74) is 6.51. The average Bonchev–Trinajstić information content (AvgIpc) is 3.27. The van der Waals surface area contributed by atoms with Crippen LogP contribution in [0.1, 0.15) is 52.7 Å². The second kappa shape index (κ2) is 14.0. The molecule has 0 aromatic carbocycles. The van der Waals surface area contributed by atoms with Gasteiger partial charge in [-0.2, -0.15) is 0 Å². The highest BCUT2D eigenvalue weighted by Crippen LogP contribution is 2.11. The van der Waals surface area contributed by atoms with Crippen molar-refractivity contribution in [2.24, 2.45) is 17.6 Å². The van der Waals surface area contributed by atoms with Gasteiger partial charge in [0.25, 0.3) is 0 Å². The van der Waals surface area contributed by atoms with Gasteiger partial charge in [-0.3, -0.25) is 19.2 Å². The molecule has 0 bridgehead atoms. The zero-order chi connectivity index (χ0) is 26.7. The molecule has 0 fully saturated rings. The van der Waals surface area contributed by atoms with E-state index in [0.29, 0.717) is 18.5 Å². The molecule has 0 aliphatic carbocycles. The second-order valence-electron chi connectivity index (χ2n) is 8.95. The van der Waals surface area contributed by atoms with Crippen LogP contribution >= 0.6 is 0 Å². The number of carboxylic acid groups (broad SMARTS) is 2. The maximum Gasteiger partial charge on any atom is 0.326 e. The van der Waals surface area contributed by atoms with E-state index in [2.05, 4.69) is 25.9 Å². The van der Waals surface area contributed by atoms with Gasteiger partial charge in [0, 0.05) is 18.3 Å². The number of hydrogen-bond acceptors (Lipinski definition) is 7. The predicted octanol–water partition coefficient (Wildman–Crippen LogP) is -0.615. The van der Waals surface area contributed by atoms with Crippen molar-refractivity contribution in [2.45, 2.75) is 77.5 Å². The number of nitrogens with two attached hydrogens (primary N) is 1. The largest absolute Gasteiger partial charge is 0.481 e. The minimum absolute atomic E-state index is 0.0393. The molecular weight excluding hydrogens is 460 g/mol. The molecule has 196 valence electrons. The lowest BCUT2D eigenvalue weighted by molar-refractivity contribution is -0.147. The van der Waals surface area contributed by atoms with E-state index in [4.69, 9.17) is 10.8 Å². The molecule has 0 aliphatic heterocycles. The van der Waals surface area contributed by atoms with Crippen LogP contribution in [0.25, 0.3) is 0 Å². The highest BCUT2D eigenvalue weighted by molar-refractivity contribution is 5.94. The number of carbonyl (C=O) groups is 5. The summed E-state index contributed by atoms with van der Waals surface area (Å²) in [7, 11) is 0. The number of nitrogens with one attached hydrogen (secondary N) is 4. The van der Waals surface area contributed by atoms with Gasteiger partial charge in [0.05, 0.1) is 18.8 Å². The number of aromatic amines is 1. The molecule has 0 saturated carbocycles. The summed E-state index contributed by atoms with van der Waals surface area (Å²) in [5, 5.41) is 25.5. The Kier molecular flexibility index (Phi) is 11.9. The van der Waals surface area contributed by atoms with Crippen molar-refractivity contribution in [2.75, 3.05) is 0 Å². The fourth-order valence-corrected chi connectivity index (χ4v) is 3.31. The molecular formula is C22H36N6O7. The number of H-pyrrole nitrogens is 1. The van der Waals surface area contributed by atoms with E-state index in [1.165, 1.54) is 12.5 Å². The van der Waals surface area contributed by atoms with Gasteiger partial charge in [-0.25, -0.2) is 9.78 Å². The molecule has 3 amide bonds. The molecule has 5 atom stereocenters. The summed E-state index contributed by atoms with van der Waals surface area (Å²) < 4.78 is 0. The van der Waals surface area contributed by atoms with Crippen LogP contribution in [0.3, 0.4) is 0 Å². The van der Waals surface area contributed by atoms with Crippen LogP contribution in [0.4, 0.5) is 0 Å². The summed E-state index contributed by atoms with van der Waals surface area (Å²) >= 11 is 0. The van der Waals surface area contributed by atoms with Crippen molar-refractivity contribution >= 4 is 29.7 Å².